The number of hydrogen-bond donors (Lipinski definition) is 0. The third-order valence-corrected chi connectivity index (χ3v) is 5.67. The van der Waals surface area contributed by atoms with Gasteiger partial charge in [0.05, 0.1) is 6.61 Å². The topological polar surface area (TPSA) is 69.7 Å². The Balaban J connectivity index is 1.91. The number of ketones is 1. The molecular weight excluding hydrogens is 411 g/mol. The minimum Gasteiger partial charge on any atom is -0.465 e. The number of carbonyl (C=O) groups is 3. The lowest BCUT2D eigenvalue weighted by Crippen LogP contribution is -2.52. The lowest BCUT2D eigenvalue weighted by atomic mass is 9.64. The normalized spacial score (nSPS) is 19.6. The van der Waals surface area contributed by atoms with Crippen LogP contribution in [-0.2, 0) is 14.3 Å². The molecule has 4 rings (SSSR count). The molecule has 0 N–H and O–H groups in total. The smallest absolute Gasteiger partial charge is 0.330 e. The van der Waals surface area contributed by atoms with Gasteiger partial charge in [0.15, 0.2) is 11.2 Å². The highest BCUT2D eigenvalue weighted by molar-refractivity contribution is 6.10. The van der Waals surface area contributed by atoms with Crippen LogP contribution in [0.3, 0.4) is 0 Å². The number of rotatable bonds is 6. The van der Waals surface area contributed by atoms with Crippen LogP contribution < -0.4 is 4.74 Å². The SMILES string of the molecule is CCOC(=O)[C@]1(CC(=O)c2ccc(F)cc2)C(=O)Oc2ccccc2[C@H]1c1ccccc1. The molecule has 0 radical (unpaired) electrons. The van der Waals surface area contributed by atoms with Gasteiger partial charge in [0.1, 0.15) is 11.6 Å². The summed E-state index contributed by atoms with van der Waals surface area (Å²) in [5.74, 6) is -3.13. The summed E-state index contributed by atoms with van der Waals surface area (Å²) in [6.45, 7) is 1.66. The van der Waals surface area contributed by atoms with Crippen molar-refractivity contribution in [3.8, 4) is 5.75 Å². The van der Waals surface area contributed by atoms with Gasteiger partial charge in [-0.1, -0.05) is 48.5 Å². The fraction of sp³-hybridized carbons (Fsp3) is 0.192. The molecule has 6 heteroatoms. The molecule has 0 aromatic heterocycles. The quantitative estimate of drug-likeness (QED) is 0.244. The Morgan fingerprint density at radius 2 is 1.62 bits per heavy atom. The molecule has 0 bridgehead atoms. The highest BCUT2D eigenvalue weighted by Crippen LogP contribution is 2.52. The molecule has 3 aromatic rings. The van der Waals surface area contributed by atoms with E-state index in [0.29, 0.717) is 16.9 Å². The summed E-state index contributed by atoms with van der Waals surface area (Å²) < 4.78 is 24.3. The summed E-state index contributed by atoms with van der Waals surface area (Å²) >= 11 is 0. The van der Waals surface area contributed by atoms with E-state index in [9.17, 15) is 18.8 Å². The zero-order chi connectivity index (χ0) is 22.7. The van der Waals surface area contributed by atoms with Crippen LogP contribution in [0.1, 0.15) is 40.7 Å². The van der Waals surface area contributed by atoms with Crippen LogP contribution in [0.5, 0.6) is 5.75 Å². The number of halogens is 1. The molecule has 0 saturated carbocycles. The Kier molecular flexibility index (Phi) is 5.86. The number of hydrogen-bond acceptors (Lipinski definition) is 5. The predicted octanol–water partition coefficient (Wildman–Crippen LogP) is 4.70. The maximum atomic E-state index is 13.5. The highest BCUT2D eigenvalue weighted by Gasteiger charge is 2.60. The molecule has 2 atom stereocenters. The summed E-state index contributed by atoms with van der Waals surface area (Å²) in [5, 5.41) is 0. The minimum absolute atomic E-state index is 0.0295. The molecule has 3 aromatic carbocycles. The van der Waals surface area contributed by atoms with Crippen molar-refractivity contribution in [3.63, 3.8) is 0 Å². The van der Waals surface area contributed by atoms with Crippen molar-refractivity contribution in [2.24, 2.45) is 5.41 Å². The van der Waals surface area contributed by atoms with Gasteiger partial charge in [-0.3, -0.25) is 14.4 Å². The van der Waals surface area contributed by atoms with Crippen molar-refractivity contribution in [1.82, 2.24) is 0 Å². The van der Waals surface area contributed by atoms with E-state index in [1.54, 1.807) is 55.5 Å². The van der Waals surface area contributed by atoms with E-state index in [-0.39, 0.29) is 12.2 Å². The van der Waals surface area contributed by atoms with Crippen molar-refractivity contribution < 1.29 is 28.2 Å². The van der Waals surface area contributed by atoms with Crippen LogP contribution in [0.15, 0.2) is 78.9 Å². The number of carbonyl (C=O) groups excluding carboxylic acids is 3. The minimum atomic E-state index is -1.93. The number of benzene rings is 3. The Morgan fingerprint density at radius 1 is 0.969 bits per heavy atom. The summed E-state index contributed by atoms with van der Waals surface area (Å²) in [5.41, 5.74) is -0.458. The first-order chi connectivity index (χ1) is 15.5. The molecular formula is C26H21FO5. The molecule has 162 valence electrons. The van der Waals surface area contributed by atoms with Crippen molar-refractivity contribution in [2.45, 2.75) is 19.3 Å². The molecule has 1 aliphatic rings. The van der Waals surface area contributed by atoms with Crippen LogP contribution in [0.25, 0.3) is 0 Å². The molecule has 5 nitrogen and oxygen atoms in total. The van der Waals surface area contributed by atoms with Crippen LogP contribution >= 0.6 is 0 Å². The van der Waals surface area contributed by atoms with Crippen molar-refractivity contribution in [2.75, 3.05) is 6.61 Å². The maximum Gasteiger partial charge on any atom is 0.330 e. The molecule has 0 amide bonds. The lowest BCUT2D eigenvalue weighted by molar-refractivity contribution is -0.169. The van der Waals surface area contributed by atoms with Gasteiger partial charge in [-0.15, -0.1) is 0 Å². The second-order valence-corrected chi connectivity index (χ2v) is 7.57. The van der Waals surface area contributed by atoms with E-state index in [1.807, 2.05) is 6.07 Å². The Bertz CT molecular complexity index is 1160. The largest absolute Gasteiger partial charge is 0.465 e. The van der Waals surface area contributed by atoms with E-state index in [4.69, 9.17) is 9.47 Å². The molecule has 1 aliphatic heterocycles. The van der Waals surface area contributed by atoms with Gasteiger partial charge in [0.2, 0.25) is 0 Å². The fourth-order valence-electron chi connectivity index (χ4n) is 4.19. The number of fused-ring (bicyclic) bond motifs is 1. The van der Waals surface area contributed by atoms with E-state index < -0.39 is 41.3 Å². The van der Waals surface area contributed by atoms with E-state index in [1.165, 1.54) is 12.1 Å². The number of Topliss-reactive ketones (excluding diaryl/α,β-unsaturated/α-hetero) is 1. The van der Waals surface area contributed by atoms with Gasteiger partial charge < -0.3 is 9.47 Å². The van der Waals surface area contributed by atoms with Crippen molar-refractivity contribution in [1.29, 1.82) is 0 Å². The molecule has 0 saturated heterocycles. The summed E-state index contributed by atoms with van der Waals surface area (Å²) in [6.07, 6.45) is -0.482. The van der Waals surface area contributed by atoms with Gasteiger partial charge in [-0.2, -0.15) is 0 Å². The summed E-state index contributed by atoms with van der Waals surface area (Å²) in [7, 11) is 0. The van der Waals surface area contributed by atoms with Gasteiger partial charge in [-0.05, 0) is 42.8 Å². The van der Waals surface area contributed by atoms with Crippen LogP contribution in [0.2, 0.25) is 0 Å². The van der Waals surface area contributed by atoms with Crippen LogP contribution in [-0.4, -0.2) is 24.3 Å². The van der Waals surface area contributed by atoms with Crippen molar-refractivity contribution in [3.05, 3.63) is 101 Å². The number of ether oxygens (including phenoxy) is 2. The number of para-hydroxylation sites is 1. The predicted molar refractivity (Wildman–Crippen MR) is 115 cm³/mol. The zero-order valence-corrected chi connectivity index (χ0v) is 17.4. The molecule has 32 heavy (non-hydrogen) atoms. The average Bonchev–Trinajstić information content (AvgIpc) is 2.80. The third kappa shape index (κ3) is 3.68. The van der Waals surface area contributed by atoms with E-state index in [2.05, 4.69) is 0 Å². The Hall–Kier alpha value is -3.80. The second-order valence-electron chi connectivity index (χ2n) is 7.57. The van der Waals surface area contributed by atoms with E-state index >= 15 is 0 Å². The highest BCUT2D eigenvalue weighted by atomic mass is 19.1. The van der Waals surface area contributed by atoms with Gasteiger partial charge >= 0.3 is 11.9 Å². The monoisotopic (exact) mass is 432 g/mol. The standard InChI is InChI=1S/C26H21FO5/c1-2-31-24(29)26(16-21(28)17-12-14-19(27)15-13-17)23(18-8-4-3-5-9-18)20-10-6-7-11-22(20)32-25(26)30/h3-15,23H,2,16H2,1H3/t23-,26-/m1/s1. The summed E-state index contributed by atoms with van der Waals surface area (Å²) in [6, 6.07) is 21.0. The third-order valence-electron chi connectivity index (χ3n) is 5.67. The van der Waals surface area contributed by atoms with Gasteiger partial charge in [-0.25, -0.2) is 4.39 Å². The average molecular weight is 432 g/mol. The zero-order valence-electron chi connectivity index (χ0n) is 17.4. The number of esters is 2. The molecule has 0 spiro atoms. The Labute approximate surface area is 184 Å². The molecule has 0 aliphatic carbocycles. The first kappa shape index (κ1) is 21.4. The fourth-order valence-corrected chi connectivity index (χ4v) is 4.19. The van der Waals surface area contributed by atoms with Crippen LogP contribution in [0, 0.1) is 11.2 Å². The molecule has 0 fully saturated rings. The lowest BCUT2D eigenvalue weighted by Gasteiger charge is -2.40. The second kappa shape index (κ2) is 8.75. The molecule has 1 heterocycles. The maximum absolute atomic E-state index is 13.5. The van der Waals surface area contributed by atoms with Gasteiger partial charge in [0.25, 0.3) is 0 Å². The molecule has 0 unspecified atom stereocenters. The first-order valence-corrected chi connectivity index (χ1v) is 10.3. The van der Waals surface area contributed by atoms with Crippen molar-refractivity contribution >= 4 is 17.7 Å². The summed E-state index contributed by atoms with van der Waals surface area (Å²) in [4.78, 5) is 40.1. The van der Waals surface area contributed by atoms with Gasteiger partial charge in [0, 0.05) is 23.5 Å². The Morgan fingerprint density at radius 3 is 2.31 bits per heavy atom. The first-order valence-electron chi connectivity index (χ1n) is 10.3. The van der Waals surface area contributed by atoms with E-state index in [0.717, 1.165) is 12.1 Å². The van der Waals surface area contributed by atoms with Crippen LogP contribution in [0.4, 0.5) is 4.39 Å².